The fraction of sp³-hybridized carbons (Fsp3) is 0.727. The van der Waals surface area contributed by atoms with Crippen molar-refractivity contribution in [2.75, 3.05) is 0 Å². The molecular weight excluding hydrogens is 176 g/mol. The normalized spacial score (nSPS) is 13.1. The lowest BCUT2D eigenvalue weighted by Crippen LogP contribution is -2.04. The third-order valence-electron chi connectivity index (χ3n) is 2.58. The zero-order valence-corrected chi connectivity index (χ0v) is 9.11. The van der Waals surface area contributed by atoms with Gasteiger partial charge in [-0.05, 0) is 19.3 Å². The summed E-state index contributed by atoms with van der Waals surface area (Å²) >= 11 is 0. The van der Waals surface area contributed by atoms with E-state index in [9.17, 15) is 5.11 Å². The number of nitrogens with zero attached hydrogens (tertiary/aromatic N) is 2. The fourth-order valence-corrected chi connectivity index (χ4v) is 1.50. The van der Waals surface area contributed by atoms with Gasteiger partial charge in [0.25, 0.3) is 0 Å². The van der Waals surface area contributed by atoms with Gasteiger partial charge >= 0.3 is 0 Å². The second-order valence-electron chi connectivity index (χ2n) is 3.76. The first-order valence-electron chi connectivity index (χ1n) is 5.38. The molecule has 1 heterocycles. The standard InChI is InChI=1S/C11H20N2O/c1-3-10(14)6-4-5-7-11-12-8-9-13(11)2/h8-10,14H,3-7H2,1-2H3. The zero-order valence-electron chi connectivity index (χ0n) is 9.11. The third kappa shape index (κ3) is 3.50. The van der Waals surface area contributed by atoms with Crippen molar-refractivity contribution < 1.29 is 5.11 Å². The van der Waals surface area contributed by atoms with Gasteiger partial charge in [0.15, 0.2) is 0 Å². The highest BCUT2D eigenvalue weighted by atomic mass is 16.3. The van der Waals surface area contributed by atoms with Crippen molar-refractivity contribution in [2.45, 2.75) is 45.1 Å². The van der Waals surface area contributed by atoms with Crippen LogP contribution in [0.15, 0.2) is 12.4 Å². The van der Waals surface area contributed by atoms with Crippen molar-refractivity contribution in [1.82, 2.24) is 9.55 Å². The lowest BCUT2D eigenvalue weighted by molar-refractivity contribution is 0.156. The van der Waals surface area contributed by atoms with Crippen molar-refractivity contribution in [3.63, 3.8) is 0 Å². The topological polar surface area (TPSA) is 38.1 Å². The van der Waals surface area contributed by atoms with Gasteiger partial charge in [0, 0.05) is 25.9 Å². The van der Waals surface area contributed by atoms with Crippen molar-refractivity contribution in [1.29, 1.82) is 0 Å². The lowest BCUT2D eigenvalue weighted by Gasteiger charge is -2.06. The van der Waals surface area contributed by atoms with Crippen LogP contribution in [0.5, 0.6) is 0 Å². The molecule has 1 atom stereocenters. The molecule has 0 saturated heterocycles. The molecule has 1 unspecified atom stereocenters. The number of aliphatic hydroxyl groups is 1. The Balaban J connectivity index is 2.13. The van der Waals surface area contributed by atoms with Gasteiger partial charge in [-0.3, -0.25) is 0 Å². The Morgan fingerprint density at radius 3 is 2.86 bits per heavy atom. The predicted octanol–water partition coefficient (Wildman–Crippen LogP) is 1.90. The molecule has 0 spiro atoms. The van der Waals surface area contributed by atoms with Gasteiger partial charge in [-0.2, -0.15) is 0 Å². The smallest absolute Gasteiger partial charge is 0.108 e. The van der Waals surface area contributed by atoms with E-state index in [1.807, 2.05) is 26.4 Å². The Morgan fingerprint density at radius 1 is 1.50 bits per heavy atom. The van der Waals surface area contributed by atoms with E-state index in [4.69, 9.17) is 0 Å². The van der Waals surface area contributed by atoms with Gasteiger partial charge < -0.3 is 9.67 Å². The number of aromatic nitrogens is 2. The summed E-state index contributed by atoms with van der Waals surface area (Å²) < 4.78 is 2.05. The zero-order chi connectivity index (χ0) is 10.4. The highest BCUT2D eigenvalue weighted by molar-refractivity contribution is 4.90. The molecule has 14 heavy (non-hydrogen) atoms. The van der Waals surface area contributed by atoms with Crippen LogP contribution in [-0.4, -0.2) is 20.8 Å². The molecule has 0 saturated carbocycles. The summed E-state index contributed by atoms with van der Waals surface area (Å²) in [5.74, 6) is 1.14. The maximum atomic E-state index is 9.35. The molecule has 0 radical (unpaired) electrons. The minimum Gasteiger partial charge on any atom is -0.393 e. The molecule has 1 rings (SSSR count). The summed E-state index contributed by atoms with van der Waals surface area (Å²) in [6, 6.07) is 0. The van der Waals surface area contributed by atoms with Crippen LogP contribution < -0.4 is 0 Å². The Morgan fingerprint density at radius 2 is 2.29 bits per heavy atom. The molecule has 80 valence electrons. The molecule has 0 aromatic carbocycles. The molecule has 0 aliphatic heterocycles. The molecular formula is C11H20N2O. The quantitative estimate of drug-likeness (QED) is 0.706. The number of rotatable bonds is 6. The average molecular weight is 196 g/mol. The van der Waals surface area contributed by atoms with Crippen molar-refractivity contribution in [3.05, 3.63) is 18.2 Å². The SMILES string of the molecule is CCC(O)CCCCc1nccn1C. The minimum absolute atomic E-state index is 0.114. The average Bonchev–Trinajstić information content (AvgIpc) is 2.58. The van der Waals surface area contributed by atoms with Gasteiger partial charge in [-0.25, -0.2) is 4.98 Å². The van der Waals surface area contributed by atoms with Crippen LogP contribution in [0, 0.1) is 0 Å². The van der Waals surface area contributed by atoms with Crippen LogP contribution in [0.2, 0.25) is 0 Å². The maximum Gasteiger partial charge on any atom is 0.108 e. The molecule has 1 aromatic heterocycles. The summed E-state index contributed by atoms with van der Waals surface area (Å²) in [6.07, 6.45) is 8.68. The maximum absolute atomic E-state index is 9.35. The molecule has 1 N–H and O–H groups in total. The van der Waals surface area contributed by atoms with E-state index in [1.165, 1.54) is 0 Å². The van der Waals surface area contributed by atoms with Crippen LogP contribution in [0.3, 0.4) is 0 Å². The van der Waals surface area contributed by atoms with Gasteiger partial charge in [-0.15, -0.1) is 0 Å². The summed E-state index contributed by atoms with van der Waals surface area (Å²) in [7, 11) is 2.02. The molecule has 1 aromatic rings. The van der Waals surface area contributed by atoms with Gasteiger partial charge in [0.1, 0.15) is 5.82 Å². The first kappa shape index (κ1) is 11.2. The number of aliphatic hydroxyl groups excluding tert-OH is 1. The minimum atomic E-state index is -0.114. The monoisotopic (exact) mass is 196 g/mol. The molecule has 3 nitrogen and oxygen atoms in total. The van der Waals surface area contributed by atoms with Crippen LogP contribution in [0.25, 0.3) is 0 Å². The summed E-state index contributed by atoms with van der Waals surface area (Å²) in [4.78, 5) is 4.25. The molecule has 3 heteroatoms. The lowest BCUT2D eigenvalue weighted by atomic mass is 10.1. The van der Waals surface area contributed by atoms with Gasteiger partial charge in [0.2, 0.25) is 0 Å². The number of hydrogen-bond donors (Lipinski definition) is 1. The van der Waals surface area contributed by atoms with E-state index in [1.54, 1.807) is 0 Å². The second-order valence-corrected chi connectivity index (χ2v) is 3.76. The van der Waals surface area contributed by atoms with E-state index in [0.29, 0.717) is 0 Å². The number of aryl methyl sites for hydroxylation is 2. The first-order chi connectivity index (χ1) is 6.74. The summed E-state index contributed by atoms with van der Waals surface area (Å²) in [6.45, 7) is 2.02. The number of hydrogen-bond acceptors (Lipinski definition) is 2. The number of unbranched alkanes of at least 4 members (excludes halogenated alkanes) is 1. The van der Waals surface area contributed by atoms with E-state index in [-0.39, 0.29) is 6.10 Å². The van der Waals surface area contributed by atoms with Crippen molar-refractivity contribution >= 4 is 0 Å². The van der Waals surface area contributed by atoms with E-state index >= 15 is 0 Å². The van der Waals surface area contributed by atoms with Gasteiger partial charge in [-0.1, -0.05) is 13.3 Å². The van der Waals surface area contributed by atoms with Crippen LogP contribution in [-0.2, 0) is 13.5 Å². The largest absolute Gasteiger partial charge is 0.393 e. The van der Waals surface area contributed by atoms with Crippen LogP contribution >= 0.6 is 0 Å². The molecule has 0 bridgehead atoms. The predicted molar refractivity (Wildman–Crippen MR) is 57.1 cm³/mol. The molecule has 0 aliphatic carbocycles. The Bertz CT molecular complexity index is 258. The Labute approximate surface area is 85.8 Å². The fourth-order valence-electron chi connectivity index (χ4n) is 1.50. The molecule has 0 amide bonds. The van der Waals surface area contributed by atoms with Crippen LogP contribution in [0.1, 0.15) is 38.4 Å². The summed E-state index contributed by atoms with van der Waals surface area (Å²) in [5.41, 5.74) is 0. The van der Waals surface area contributed by atoms with Gasteiger partial charge in [0.05, 0.1) is 6.10 Å². The Hall–Kier alpha value is -0.830. The third-order valence-corrected chi connectivity index (χ3v) is 2.58. The van der Waals surface area contributed by atoms with Crippen molar-refractivity contribution in [3.8, 4) is 0 Å². The highest BCUT2D eigenvalue weighted by Crippen LogP contribution is 2.07. The highest BCUT2D eigenvalue weighted by Gasteiger charge is 2.02. The van der Waals surface area contributed by atoms with Crippen LogP contribution in [0.4, 0.5) is 0 Å². The molecule has 0 aliphatic rings. The van der Waals surface area contributed by atoms with E-state index in [2.05, 4.69) is 9.55 Å². The summed E-state index contributed by atoms with van der Waals surface area (Å²) in [5, 5.41) is 9.35. The van der Waals surface area contributed by atoms with E-state index in [0.717, 1.165) is 37.9 Å². The van der Waals surface area contributed by atoms with E-state index < -0.39 is 0 Å². The molecule has 0 fully saturated rings. The van der Waals surface area contributed by atoms with Crippen molar-refractivity contribution in [2.24, 2.45) is 7.05 Å². The second kappa shape index (κ2) is 5.81. The Kier molecular flexibility index (Phi) is 4.66. The number of imidazole rings is 1. The first-order valence-corrected chi connectivity index (χ1v) is 5.38.